The molecule has 0 saturated heterocycles. The summed E-state index contributed by atoms with van der Waals surface area (Å²) in [6, 6.07) is 27.3. The summed E-state index contributed by atoms with van der Waals surface area (Å²) in [6.45, 7) is 21.0. The third-order valence-electron chi connectivity index (χ3n) is 5.74. The Morgan fingerprint density at radius 1 is 0.406 bits per heavy atom. The fourth-order valence-corrected chi connectivity index (χ4v) is 7.29. The topological polar surface area (TPSA) is 30.0 Å². The molecule has 0 heterocycles. The van der Waals surface area contributed by atoms with E-state index in [4.69, 9.17) is 0 Å². The van der Waals surface area contributed by atoms with Crippen LogP contribution in [0.5, 0.6) is 0 Å². The van der Waals surface area contributed by atoms with Crippen LogP contribution in [0.2, 0.25) is 0 Å². The van der Waals surface area contributed by atoms with Gasteiger partial charge in [-0.2, -0.15) is 0 Å². The van der Waals surface area contributed by atoms with E-state index in [-0.39, 0.29) is 32.6 Å². The van der Waals surface area contributed by atoms with Gasteiger partial charge in [-0.1, -0.05) is 117 Å². The Morgan fingerprint density at radius 3 is 0.844 bits per heavy atom. The molecule has 3 rings (SSSR count). The largest absolute Gasteiger partial charge is 0.870 e. The van der Waals surface area contributed by atoms with E-state index in [2.05, 4.69) is 135 Å². The Bertz CT molecular complexity index is 908. The van der Waals surface area contributed by atoms with Crippen molar-refractivity contribution in [1.29, 1.82) is 0 Å². The smallest absolute Gasteiger partial charge is 0.170 e. The molecule has 1 N–H and O–H groups in total. The summed E-state index contributed by atoms with van der Waals surface area (Å²) in [7, 11) is -0.189. The van der Waals surface area contributed by atoms with E-state index in [0.717, 1.165) is 0 Å². The molecule has 32 heavy (non-hydrogen) atoms. The average Bonchev–Trinajstić information content (AvgIpc) is 2.67. The normalized spacial score (nSPS) is 12.6. The van der Waals surface area contributed by atoms with E-state index in [0.29, 0.717) is 0 Å². The zero-order chi connectivity index (χ0) is 23.0. The third kappa shape index (κ3) is 5.47. The van der Waals surface area contributed by atoms with Crippen molar-refractivity contribution in [2.24, 2.45) is 0 Å². The van der Waals surface area contributed by atoms with Gasteiger partial charge in [0.1, 0.15) is 10.9 Å². The summed E-state index contributed by atoms with van der Waals surface area (Å²) in [6.07, 6.45) is 0. The minimum absolute atomic E-state index is 0. The fourth-order valence-electron chi connectivity index (χ4n) is 4.15. The molecular formula is C30H40OS. The van der Waals surface area contributed by atoms with Crippen LogP contribution >= 0.6 is 0 Å². The summed E-state index contributed by atoms with van der Waals surface area (Å²) in [5.41, 5.74) is 4.54. The van der Waals surface area contributed by atoms with E-state index in [1.165, 1.54) is 31.4 Å². The van der Waals surface area contributed by atoms with Crippen molar-refractivity contribution in [1.82, 2.24) is 0 Å². The van der Waals surface area contributed by atoms with Crippen LogP contribution < -0.4 is 0 Å². The molecule has 0 aliphatic heterocycles. The van der Waals surface area contributed by atoms with Gasteiger partial charge in [0.15, 0.2) is 14.7 Å². The second kappa shape index (κ2) is 9.45. The van der Waals surface area contributed by atoms with E-state index in [1.54, 1.807) is 0 Å². The highest BCUT2D eigenvalue weighted by Gasteiger charge is 2.40. The molecule has 0 amide bonds. The monoisotopic (exact) mass is 448 g/mol. The van der Waals surface area contributed by atoms with Gasteiger partial charge in [0.05, 0.1) is 0 Å². The van der Waals surface area contributed by atoms with Gasteiger partial charge in [0.25, 0.3) is 0 Å². The second-order valence-electron chi connectivity index (χ2n) is 11.5. The summed E-state index contributed by atoms with van der Waals surface area (Å²) in [5, 5.41) is 0. The molecule has 0 spiro atoms. The summed E-state index contributed by atoms with van der Waals surface area (Å²) < 4.78 is 0. The maximum Gasteiger partial charge on any atom is 0.170 e. The van der Waals surface area contributed by atoms with Gasteiger partial charge in [0, 0.05) is 16.7 Å². The number of rotatable bonds is 3. The molecule has 2 heteroatoms. The number of hydrogen-bond donors (Lipinski definition) is 0. The van der Waals surface area contributed by atoms with E-state index in [9.17, 15) is 0 Å². The minimum Gasteiger partial charge on any atom is -0.870 e. The van der Waals surface area contributed by atoms with Crippen molar-refractivity contribution in [2.45, 2.75) is 93.2 Å². The van der Waals surface area contributed by atoms with Crippen LogP contribution in [0.3, 0.4) is 0 Å². The van der Waals surface area contributed by atoms with Gasteiger partial charge in [-0.25, -0.2) is 0 Å². The van der Waals surface area contributed by atoms with Crippen LogP contribution in [0.25, 0.3) is 0 Å². The molecule has 0 saturated carbocycles. The molecule has 0 fully saturated rings. The van der Waals surface area contributed by atoms with Crippen molar-refractivity contribution in [2.75, 3.05) is 0 Å². The lowest BCUT2D eigenvalue weighted by atomic mass is 9.87. The van der Waals surface area contributed by atoms with E-state index >= 15 is 0 Å². The Balaban J connectivity index is 0.00000363. The minimum atomic E-state index is -0.189. The average molecular weight is 449 g/mol. The zero-order valence-electron chi connectivity index (χ0n) is 21.3. The molecular weight excluding hydrogens is 408 g/mol. The number of benzene rings is 3. The van der Waals surface area contributed by atoms with Crippen molar-refractivity contribution >= 4 is 10.9 Å². The fraction of sp³-hybridized carbons (Fsp3) is 0.400. The Morgan fingerprint density at radius 2 is 0.625 bits per heavy atom. The van der Waals surface area contributed by atoms with Crippen LogP contribution in [-0.4, -0.2) is 5.48 Å². The molecule has 0 atom stereocenters. The highest BCUT2D eigenvalue weighted by Crippen LogP contribution is 2.44. The molecule has 0 aromatic heterocycles. The molecule has 0 bridgehead atoms. The molecule has 0 unspecified atom stereocenters. The van der Waals surface area contributed by atoms with Crippen LogP contribution in [0, 0.1) is 0 Å². The van der Waals surface area contributed by atoms with Crippen molar-refractivity contribution in [3.8, 4) is 0 Å². The lowest BCUT2D eigenvalue weighted by molar-refractivity contribution is 0.570. The van der Waals surface area contributed by atoms with Crippen LogP contribution in [0.1, 0.15) is 79.0 Å². The molecule has 0 aliphatic carbocycles. The first-order valence-electron chi connectivity index (χ1n) is 11.3. The van der Waals surface area contributed by atoms with Crippen LogP contribution in [-0.2, 0) is 27.1 Å². The second-order valence-corrected chi connectivity index (χ2v) is 13.5. The molecule has 1 nitrogen and oxygen atoms in total. The van der Waals surface area contributed by atoms with Crippen molar-refractivity contribution in [3.05, 3.63) is 89.5 Å². The SMILES string of the molecule is CC(C)(C)c1ccccc1[S+](c1ccccc1C(C)(C)C)c1ccccc1C(C)(C)C.[OH-]. The summed E-state index contributed by atoms with van der Waals surface area (Å²) in [4.78, 5) is 4.34. The number of hydrogen-bond acceptors (Lipinski definition) is 1. The highest BCUT2D eigenvalue weighted by atomic mass is 32.2. The molecule has 172 valence electrons. The lowest BCUT2D eigenvalue weighted by Crippen LogP contribution is -2.23. The maximum absolute atomic E-state index is 2.36. The van der Waals surface area contributed by atoms with Crippen LogP contribution in [0.15, 0.2) is 87.5 Å². The summed E-state index contributed by atoms with van der Waals surface area (Å²) >= 11 is 0. The molecule has 0 radical (unpaired) electrons. The third-order valence-corrected chi connectivity index (χ3v) is 8.13. The highest BCUT2D eigenvalue weighted by molar-refractivity contribution is 7.97. The van der Waals surface area contributed by atoms with Crippen molar-refractivity contribution < 1.29 is 5.48 Å². The summed E-state index contributed by atoms with van der Waals surface area (Å²) in [5.74, 6) is 0. The van der Waals surface area contributed by atoms with Gasteiger partial charge in [-0.3, -0.25) is 0 Å². The first kappa shape index (κ1) is 26.2. The van der Waals surface area contributed by atoms with Gasteiger partial charge < -0.3 is 5.48 Å². The van der Waals surface area contributed by atoms with Crippen molar-refractivity contribution in [3.63, 3.8) is 0 Å². The molecule has 3 aromatic rings. The first-order chi connectivity index (χ1) is 14.3. The predicted octanol–water partition coefficient (Wildman–Crippen LogP) is 8.50. The van der Waals surface area contributed by atoms with E-state index in [1.807, 2.05) is 0 Å². The van der Waals surface area contributed by atoms with E-state index < -0.39 is 0 Å². The first-order valence-corrected chi connectivity index (χ1v) is 12.6. The lowest BCUT2D eigenvalue weighted by Gasteiger charge is -2.28. The molecule has 3 aromatic carbocycles. The van der Waals surface area contributed by atoms with Gasteiger partial charge in [-0.15, -0.1) is 0 Å². The van der Waals surface area contributed by atoms with Gasteiger partial charge >= 0.3 is 0 Å². The standard InChI is InChI=1S/C30H39S.H2O/c1-28(2,3)22-16-10-13-19-25(22)31(26-20-14-11-17-23(26)29(4,5)6)27-21-15-12-18-24(27)30(7,8)9;/h10-21H,1-9H3;1H2/q+1;/p-1. The van der Waals surface area contributed by atoms with Gasteiger partial charge in [-0.05, 0) is 34.4 Å². The quantitative estimate of drug-likeness (QED) is 0.369. The predicted molar refractivity (Wildman–Crippen MR) is 140 cm³/mol. The van der Waals surface area contributed by atoms with Crippen LogP contribution in [0.4, 0.5) is 0 Å². The zero-order valence-corrected chi connectivity index (χ0v) is 22.1. The Labute approximate surface area is 198 Å². The maximum atomic E-state index is 2.36. The molecule has 0 aliphatic rings. The Hall–Kier alpha value is -2.03. The van der Waals surface area contributed by atoms with Gasteiger partial charge in [0.2, 0.25) is 0 Å². The Kier molecular flexibility index (Phi) is 7.75.